The van der Waals surface area contributed by atoms with E-state index in [2.05, 4.69) is 15.5 Å². The minimum absolute atomic E-state index is 0.0561. The van der Waals surface area contributed by atoms with Crippen LogP contribution >= 0.6 is 11.6 Å². The molecule has 0 saturated carbocycles. The van der Waals surface area contributed by atoms with Crippen LogP contribution in [-0.2, 0) is 0 Å². The molecule has 0 spiro atoms. The first kappa shape index (κ1) is 12.6. The summed E-state index contributed by atoms with van der Waals surface area (Å²) in [5.74, 6) is -1.18. The van der Waals surface area contributed by atoms with Crippen molar-refractivity contribution in [2.45, 2.75) is 13.8 Å². The fraction of sp³-hybridized carbons (Fsp3) is 0.167. The predicted octanol–water partition coefficient (Wildman–Crippen LogP) is 3.07. The van der Waals surface area contributed by atoms with Gasteiger partial charge in [-0.2, -0.15) is 5.10 Å². The number of hydrogen-bond acceptors (Lipinski definition) is 2. The number of H-pyrrole nitrogens is 1. The highest BCUT2D eigenvalue weighted by Crippen LogP contribution is 2.19. The number of hydrogen-bond donors (Lipinski definition) is 2. The Morgan fingerprint density at radius 1 is 1.44 bits per heavy atom. The molecule has 0 atom stereocenters. The first-order valence-electron chi connectivity index (χ1n) is 5.27. The number of aromatic nitrogens is 2. The maximum absolute atomic E-state index is 13.6. The molecule has 1 heterocycles. The fourth-order valence-electron chi connectivity index (χ4n) is 1.59. The third-order valence-corrected chi connectivity index (χ3v) is 2.78. The number of nitrogens with one attached hydrogen (secondary N) is 2. The van der Waals surface area contributed by atoms with Crippen LogP contribution in [0.2, 0.25) is 5.02 Å². The van der Waals surface area contributed by atoms with Crippen LogP contribution in [0.4, 0.5) is 10.1 Å². The molecule has 0 aliphatic rings. The van der Waals surface area contributed by atoms with Gasteiger partial charge in [-0.25, -0.2) is 4.39 Å². The van der Waals surface area contributed by atoms with Crippen molar-refractivity contribution in [3.05, 3.63) is 46.0 Å². The Morgan fingerprint density at radius 2 is 2.17 bits per heavy atom. The average Bonchev–Trinajstić information content (AvgIpc) is 2.60. The van der Waals surface area contributed by atoms with Crippen LogP contribution < -0.4 is 5.32 Å². The molecule has 1 amide bonds. The standard InChI is InChI=1S/C12H11ClFN3O/c1-6-11(7(2)17-16-6)15-12(18)9-4-3-8(13)5-10(9)14/h3-5H,1-2H3,(H,15,18)(H,16,17). The van der Waals surface area contributed by atoms with E-state index in [9.17, 15) is 9.18 Å². The van der Waals surface area contributed by atoms with E-state index in [1.807, 2.05) is 0 Å². The number of anilines is 1. The first-order valence-corrected chi connectivity index (χ1v) is 5.65. The quantitative estimate of drug-likeness (QED) is 0.878. The van der Waals surface area contributed by atoms with Gasteiger partial charge in [-0.3, -0.25) is 9.89 Å². The van der Waals surface area contributed by atoms with E-state index < -0.39 is 11.7 Å². The molecule has 0 aliphatic heterocycles. The van der Waals surface area contributed by atoms with Gasteiger partial charge in [0.1, 0.15) is 5.82 Å². The molecule has 4 nitrogen and oxygen atoms in total. The van der Waals surface area contributed by atoms with Gasteiger partial charge in [0.25, 0.3) is 5.91 Å². The lowest BCUT2D eigenvalue weighted by molar-refractivity contribution is 0.102. The van der Waals surface area contributed by atoms with Gasteiger partial charge < -0.3 is 5.32 Å². The Bertz CT molecular complexity index is 590. The number of carbonyl (C=O) groups excluding carboxylic acids is 1. The smallest absolute Gasteiger partial charge is 0.258 e. The molecule has 0 bridgehead atoms. The second kappa shape index (κ2) is 4.78. The van der Waals surface area contributed by atoms with Crippen molar-refractivity contribution in [2.75, 3.05) is 5.32 Å². The number of benzene rings is 1. The molecule has 6 heteroatoms. The first-order chi connectivity index (χ1) is 8.49. The molecule has 2 N–H and O–H groups in total. The van der Waals surface area contributed by atoms with Crippen molar-refractivity contribution < 1.29 is 9.18 Å². The average molecular weight is 268 g/mol. The minimum atomic E-state index is -0.654. The van der Waals surface area contributed by atoms with E-state index in [1.54, 1.807) is 13.8 Å². The van der Waals surface area contributed by atoms with Gasteiger partial charge >= 0.3 is 0 Å². The highest BCUT2D eigenvalue weighted by Gasteiger charge is 2.15. The molecule has 0 unspecified atom stereocenters. The summed E-state index contributed by atoms with van der Waals surface area (Å²) < 4.78 is 13.6. The zero-order chi connectivity index (χ0) is 13.3. The molecule has 0 aliphatic carbocycles. The molecule has 0 saturated heterocycles. The van der Waals surface area contributed by atoms with E-state index in [4.69, 9.17) is 11.6 Å². The second-order valence-corrected chi connectivity index (χ2v) is 4.32. The Labute approximate surface area is 108 Å². The van der Waals surface area contributed by atoms with Gasteiger partial charge in [-0.05, 0) is 32.0 Å². The summed E-state index contributed by atoms with van der Waals surface area (Å²) in [6.07, 6.45) is 0. The lowest BCUT2D eigenvalue weighted by atomic mass is 10.2. The van der Waals surface area contributed by atoms with Gasteiger partial charge in [0, 0.05) is 5.02 Å². The molecule has 1 aromatic heterocycles. The van der Waals surface area contributed by atoms with Crippen molar-refractivity contribution >= 4 is 23.2 Å². The van der Waals surface area contributed by atoms with Crippen LogP contribution in [-0.4, -0.2) is 16.1 Å². The number of carbonyl (C=O) groups is 1. The summed E-state index contributed by atoms with van der Waals surface area (Å²) in [7, 11) is 0. The van der Waals surface area contributed by atoms with Crippen LogP contribution in [0, 0.1) is 19.7 Å². The Kier molecular flexibility index (Phi) is 3.34. The van der Waals surface area contributed by atoms with Crippen molar-refractivity contribution in [1.82, 2.24) is 10.2 Å². The topological polar surface area (TPSA) is 57.8 Å². The molecule has 2 aromatic rings. The number of aromatic amines is 1. The normalized spacial score (nSPS) is 10.4. The van der Waals surface area contributed by atoms with E-state index in [0.29, 0.717) is 11.4 Å². The van der Waals surface area contributed by atoms with Gasteiger partial charge in [-0.15, -0.1) is 0 Å². The van der Waals surface area contributed by atoms with Gasteiger partial charge in [0.2, 0.25) is 0 Å². The minimum Gasteiger partial charge on any atom is -0.319 e. The summed E-state index contributed by atoms with van der Waals surface area (Å²) in [6, 6.07) is 3.91. The van der Waals surface area contributed by atoms with E-state index in [0.717, 1.165) is 11.8 Å². The number of aryl methyl sites for hydroxylation is 2. The van der Waals surface area contributed by atoms with Gasteiger partial charge in [0.15, 0.2) is 0 Å². The van der Waals surface area contributed by atoms with Gasteiger partial charge in [0.05, 0.1) is 22.6 Å². The Morgan fingerprint density at radius 3 is 2.72 bits per heavy atom. The van der Waals surface area contributed by atoms with Crippen LogP contribution in [0.3, 0.4) is 0 Å². The van der Waals surface area contributed by atoms with Crippen LogP contribution in [0.15, 0.2) is 18.2 Å². The molecule has 1 aromatic carbocycles. The summed E-state index contributed by atoms with van der Waals surface area (Å²) in [6.45, 7) is 3.52. The molecule has 0 fully saturated rings. The second-order valence-electron chi connectivity index (χ2n) is 3.89. The Hall–Kier alpha value is -1.88. The molecule has 94 valence electrons. The number of amides is 1. The monoisotopic (exact) mass is 267 g/mol. The number of halogens is 2. The lowest BCUT2D eigenvalue weighted by Gasteiger charge is -2.06. The number of rotatable bonds is 2. The zero-order valence-electron chi connectivity index (χ0n) is 9.84. The summed E-state index contributed by atoms with van der Waals surface area (Å²) >= 11 is 5.63. The van der Waals surface area contributed by atoms with Crippen LogP contribution in [0.1, 0.15) is 21.7 Å². The summed E-state index contributed by atoms with van der Waals surface area (Å²) in [4.78, 5) is 11.9. The van der Waals surface area contributed by atoms with Crippen molar-refractivity contribution in [2.24, 2.45) is 0 Å². The summed E-state index contributed by atoms with van der Waals surface area (Å²) in [5.41, 5.74) is 1.87. The van der Waals surface area contributed by atoms with E-state index >= 15 is 0 Å². The SMILES string of the molecule is Cc1n[nH]c(C)c1NC(=O)c1ccc(Cl)cc1F. The molecule has 2 rings (SSSR count). The van der Waals surface area contributed by atoms with E-state index in [-0.39, 0.29) is 10.6 Å². The van der Waals surface area contributed by atoms with Gasteiger partial charge in [-0.1, -0.05) is 11.6 Å². The molecule has 18 heavy (non-hydrogen) atoms. The molecular weight excluding hydrogens is 257 g/mol. The lowest BCUT2D eigenvalue weighted by Crippen LogP contribution is -2.14. The van der Waals surface area contributed by atoms with Crippen LogP contribution in [0.25, 0.3) is 0 Å². The van der Waals surface area contributed by atoms with Crippen molar-refractivity contribution in [3.63, 3.8) is 0 Å². The number of nitrogens with zero attached hydrogens (tertiary/aromatic N) is 1. The van der Waals surface area contributed by atoms with Crippen LogP contribution in [0.5, 0.6) is 0 Å². The fourth-order valence-corrected chi connectivity index (χ4v) is 1.75. The largest absolute Gasteiger partial charge is 0.319 e. The molecular formula is C12H11ClFN3O. The maximum atomic E-state index is 13.6. The predicted molar refractivity (Wildman–Crippen MR) is 67.4 cm³/mol. The van der Waals surface area contributed by atoms with E-state index in [1.165, 1.54) is 12.1 Å². The third kappa shape index (κ3) is 2.36. The Balaban J connectivity index is 2.28. The maximum Gasteiger partial charge on any atom is 0.258 e. The van der Waals surface area contributed by atoms with Crippen molar-refractivity contribution in [1.29, 1.82) is 0 Å². The highest BCUT2D eigenvalue weighted by molar-refractivity contribution is 6.30. The summed E-state index contributed by atoms with van der Waals surface area (Å²) in [5, 5.41) is 9.55. The zero-order valence-corrected chi connectivity index (χ0v) is 10.6. The molecule has 0 radical (unpaired) electrons. The van der Waals surface area contributed by atoms with Crippen molar-refractivity contribution in [3.8, 4) is 0 Å². The highest BCUT2D eigenvalue weighted by atomic mass is 35.5. The third-order valence-electron chi connectivity index (χ3n) is 2.54.